The highest BCUT2D eigenvalue weighted by atomic mass is 19.1. The van der Waals surface area contributed by atoms with Crippen molar-refractivity contribution in [2.24, 2.45) is 0 Å². The first-order valence-corrected chi connectivity index (χ1v) is 7.89. The van der Waals surface area contributed by atoms with E-state index in [1.165, 1.54) is 29.2 Å². The zero-order chi connectivity index (χ0) is 18.4. The number of methoxy groups -OCH3 is 1. The maximum Gasteiger partial charge on any atom is 0.357 e. The zero-order valence-corrected chi connectivity index (χ0v) is 14.1. The number of carbonyl (C=O) groups is 1. The summed E-state index contributed by atoms with van der Waals surface area (Å²) in [5.41, 5.74) is 0.867. The molecule has 0 amide bonds. The SMILES string of the molecule is COc1ccc(OCCOC(=O)c2cncn2-c2ccc(F)cc2)cc1. The molecule has 2 aromatic carbocycles. The maximum absolute atomic E-state index is 13.0. The second-order valence-corrected chi connectivity index (χ2v) is 5.29. The van der Waals surface area contributed by atoms with Gasteiger partial charge in [-0.15, -0.1) is 0 Å². The van der Waals surface area contributed by atoms with Crippen LogP contribution in [0.5, 0.6) is 11.5 Å². The van der Waals surface area contributed by atoms with Gasteiger partial charge in [-0.3, -0.25) is 4.57 Å². The number of hydrogen-bond acceptors (Lipinski definition) is 5. The van der Waals surface area contributed by atoms with Crippen molar-refractivity contribution in [1.82, 2.24) is 9.55 Å². The average Bonchev–Trinajstić information content (AvgIpc) is 3.16. The lowest BCUT2D eigenvalue weighted by Crippen LogP contribution is -2.15. The van der Waals surface area contributed by atoms with E-state index in [1.54, 1.807) is 43.5 Å². The number of esters is 1. The van der Waals surface area contributed by atoms with E-state index in [0.717, 1.165) is 5.75 Å². The number of imidazole rings is 1. The molecule has 0 saturated heterocycles. The first-order chi connectivity index (χ1) is 12.7. The first-order valence-electron chi connectivity index (χ1n) is 7.89. The summed E-state index contributed by atoms with van der Waals surface area (Å²) in [7, 11) is 1.59. The van der Waals surface area contributed by atoms with Crippen molar-refractivity contribution < 1.29 is 23.4 Å². The van der Waals surface area contributed by atoms with Crippen molar-refractivity contribution in [3.8, 4) is 17.2 Å². The van der Waals surface area contributed by atoms with E-state index < -0.39 is 5.97 Å². The molecule has 0 N–H and O–H groups in total. The minimum Gasteiger partial charge on any atom is -0.497 e. The van der Waals surface area contributed by atoms with Gasteiger partial charge in [0.1, 0.15) is 30.5 Å². The fourth-order valence-corrected chi connectivity index (χ4v) is 2.29. The van der Waals surface area contributed by atoms with Crippen LogP contribution in [0, 0.1) is 5.82 Å². The highest BCUT2D eigenvalue weighted by molar-refractivity contribution is 5.88. The lowest BCUT2D eigenvalue weighted by molar-refractivity contribution is 0.0441. The highest BCUT2D eigenvalue weighted by Gasteiger charge is 2.14. The number of hydrogen-bond donors (Lipinski definition) is 0. The van der Waals surface area contributed by atoms with E-state index in [4.69, 9.17) is 14.2 Å². The van der Waals surface area contributed by atoms with Gasteiger partial charge in [-0.1, -0.05) is 0 Å². The molecule has 0 aliphatic carbocycles. The van der Waals surface area contributed by atoms with Gasteiger partial charge in [0.15, 0.2) is 5.69 Å². The Kier molecular flexibility index (Phi) is 5.48. The summed E-state index contributed by atoms with van der Waals surface area (Å²) in [6.45, 7) is 0.294. The fourth-order valence-electron chi connectivity index (χ4n) is 2.29. The Morgan fingerprint density at radius 3 is 2.42 bits per heavy atom. The number of carbonyl (C=O) groups excluding carboxylic acids is 1. The Morgan fingerprint density at radius 1 is 1.04 bits per heavy atom. The monoisotopic (exact) mass is 356 g/mol. The molecular weight excluding hydrogens is 339 g/mol. The largest absolute Gasteiger partial charge is 0.497 e. The van der Waals surface area contributed by atoms with Gasteiger partial charge in [0, 0.05) is 5.69 Å². The second-order valence-electron chi connectivity index (χ2n) is 5.29. The van der Waals surface area contributed by atoms with Crippen LogP contribution in [0.1, 0.15) is 10.5 Å². The predicted molar refractivity (Wildman–Crippen MR) is 92.3 cm³/mol. The fraction of sp³-hybridized carbons (Fsp3) is 0.158. The Labute approximate surface area is 149 Å². The molecule has 0 saturated carbocycles. The van der Waals surface area contributed by atoms with Crippen LogP contribution in [0.15, 0.2) is 61.1 Å². The van der Waals surface area contributed by atoms with Crippen molar-refractivity contribution >= 4 is 5.97 Å². The second kappa shape index (κ2) is 8.15. The number of aromatic nitrogens is 2. The van der Waals surface area contributed by atoms with Crippen molar-refractivity contribution in [2.75, 3.05) is 20.3 Å². The molecule has 0 aliphatic heterocycles. The summed E-state index contributed by atoms with van der Waals surface area (Å²) >= 11 is 0. The normalized spacial score (nSPS) is 10.4. The third-order valence-electron chi connectivity index (χ3n) is 3.60. The average molecular weight is 356 g/mol. The molecule has 0 bridgehead atoms. The molecule has 6 nitrogen and oxygen atoms in total. The van der Waals surface area contributed by atoms with Crippen LogP contribution in [0.4, 0.5) is 4.39 Å². The van der Waals surface area contributed by atoms with Gasteiger partial charge in [-0.05, 0) is 48.5 Å². The van der Waals surface area contributed by atoms with Crippen LogP contribution in [-0.4, -0.2) is 35.8 Å². The van der Waals surface area contributed by atoms with Crippen LogP contribution < -0.4 is 9.47 Å². The van der Waals surface area contributed by atoms with Crippen LogP contribution in [0.25, 0.3) is 5.69 Å². The summed E-state index contributed by atoms with van der Waals surface area (Å²) in [6.07, 6.45) is 2.87. The van der Waals surface area contributed by atoms with E-state index in [2.05, 4.69) is 4.98 Å². The van der Waals surface area contributed by atoms with Crippen LogP contribution >= 0.6 is 0 Å². The minimum atomic E-state index is -0.537. The molecule has 1 aromatic heterocycles. The molecule has 0 radical (unpaired) electrons. The molecule has 7 heteroatoms. The molecule has 0 atom stereocenters. The Bertz CT molecular complexity index is 860. The van der Waals surface area contributed by atoms with Crippen molar-refractivity contribution in [1.29, 1.82) is 0 Å². The number of nitrogens with zero attached hydrogens (tertiary/aromatic N) is 2. The summed E-state index contributed by atoms with van der Waals surface area (Å²) in [5, 5.41) is 0. The standard InChI is InChI=1S/C19H17FN2O4/c1-24-16-6-8-17(9-7-16)25-10-11-26-19(23)18-12-21-13-22(18)15-4-2-14(20)3-5-15/h2-9,12-13H,10-11H2,1H3. The van der Waals surface area contributed by atoms with E-state index in [0.29, 0.717) is 11.4 Å². The van der Waals surface area contributed by atoms with Crippen molar-refractivity contribution in [3.05, 3.63) is 72.6 Å². The third-order valence-corrected chi connectivity index (χ3v) is 3.60. The first kappa shape index (κ1) is 17.5. The topological polar surface area (TPSA) is 62.6 Å². The van der Waals surface area contributed by atoms with Gasteiger partial charge in [-0.2, -0.15) is 0 Å². The molecular formula is C19H17FN2O4. The quantitative estimate of drug-likeness (QED) is 0.480. The lowest BCUT2D eigenvalue weighted by Gasteiger charge is -2.10. The molecule has 0 fully saturated rings. The summed E-state index contributed by atoms with van der Waals surface area (Å²) in [6, 6.07) is 12.8. The Morgan fingerprint density at radius 2 is 1.73 bits per heavy atom. The van der Waals surface area contributed by atoms with E-state index in [1.807, 2.05) is 0 Å². The zero-order valence-electron chi connectivity index (χ0n) is 14.1. The summed E-state index contributed by atoms with van der Waals surface area (Å²) in [4.78, 5) is 16.2. The van der Waals surface area contributed by atoms with Crippen LogP contribution in [0.2, 0.25) is 0 Å². The van der Waals surface area contributed by atoms with E-state index in [9.17, 15) is 9.18 Å². The smallest absolute Gasteiger partial charge is 0.357 e. The third kappa shape index (κ3) is 4.18. The van der Waals surface area contributed by atoms with Crippen molar-refractivity contribution in [3.63, 3.8) is 0 Å². The van der Waals surface area contributed by atoms with Crippen molar-refractivity contribution in [2.45, 2.75) is 0 Å². The molecule has 1 heterocycles. The Hall–Kier alpha value is -3.35. The Balaban J connectivity index is 1.54. The molecule has 134 valence electrons. The summed E-state index contributed by atoms with van der Waals surface area (Å²) in [5.74, 6) is 0.495. The van der Waals surface area contributed by atoms with E-state index >= 15 is 0 Å². The molecule has 3 rings (SSSR count). The van der Waals surface area contributed by atoms with Gasteiger partial charge >= 0.3 is 5.97 Å². The van der Waals surface area contributed by atoms with Gasteiger partial charge in [-0.25, -0.2) is 14.2 Å². The van der Waals surface area contributed by atoms with Crippen LogP contribution in [-0.2, 0) is 4.74 Å². The van der Waals surface area contributed by atoms with Crippen LogP contribution in [0.3, 0.4) is 0 Å². The van der Waals surface area contributed by atoms with Gasteiger partial charge < -0.3 is 14.2 Å². The van der Waals surface area contributed by atoms with Gasteiger partial charge in [0.05, 0.1) is 19.6 Å². The van der Waals surface area contributed by atoms with Gasteiger partial charge in [0.25, 0.3) is 0 Å². The molecule has 0 aliphatic rings. The van der Waals surface area contributed by atoms with E-state index in [-0.39, 0.29) is 24.7 Å². The minimum absolute atomic E-state index is 0.0828. The lowest BCUT2D eigenvalue weighted by atomic mass is 10.3. The summed E-state index contributed by atoms with van der Waals surface area (Å²) < 4.78 is 30.4. The number of benzene rings is 2. The predicted octanol–water partition coefficient (Wildman–Crippen LogP) is 3.26. The number of rotatable bonds is 7. The highest BCUT2D eigenvalue weighted by Crippen LogP contribution is 2.17. The maximum atomic E-state index is 13.0. The molecule has 0 unspecified atom stereocenters. The molecule has 26 heavy (non-hydrogen) atoms. The van der Waals surface area contributed by atoms with Gasteiger partial charge in [0.2, 0.25) is 0 Å². The number of ether oxygens (including phenoxy) is 3. The molecule has 0 spiro atoms. The number of halogens is 1. The molecule has 3 aromatic rings.